The SMILES string of the molecule is O=C(Cn1nc(-c2ccc(N3CCCCC3)cc2)ccc1=O)OCc1ccccc1. The van der Waals surface area contributed by atoms with Crippen LogP contribution in [0.2, 0.25) is 0 Å². The van der Waals surface area contributed by atoms with Gasteiger partial charge in [0, 0.05) is 30.4 Å². The third-order valence-electron chi connectivity index (χ3n) is 5.27. The maximum atomic E-state index is 12.2. The van der Waals surface area contributed by atoms with E-state index in [9.17, 15) is 9.59 Å². The fraction of sp³-hybridized carbons (Fsp3) is 0.292. The number of carbonyl (C=O) groups is 1. The molecule has 2 heterocycles. The summed E-state index contributed by atoms with van der Waals surface area (Å²) in [5.74, 6) is -0.494. The van der Waals surface area contributed by atoms with E-state index in [2.05, 4.69) is 22.1 Å². The third-order valence-corrected chi connectivity index (χ3v) is 5.27. The van der Waals surface area contributed by atoms with E-state index in [1.165, 1.54) is 31.0 Å². The highest BCUT2D eigenvalue weighted by atomic mass is 16.5. The number of hydrogen-bond acceptors (Lipinski definition) is 5. The largest absolute Gasteiger partial charge is 0.459 e. The monoisotopic (exact) mass is 403 g/mol. The van der Waals surface area contributed by atoms with Gasteiger partial charge in [-0.3, -0.25) is 9.59 Å². The van der Waals surface area contributed by atoms with Crippen molar-refractivity contribution in [3.05, 3.63) is 82.6 Å². The topological polar surface area (TPSA) is 64.4 Å². The van der Waals surface area contributed by atoms with E-state index in [0.29, 0.717) is 5.69 Å². The number of aromatic nitrogens is 2. The Kier molecular flexibility index (Phi) is 6.23. The first-order valence-corrected chi connectivity index (χ1v) is 10.3. The van der Waals surface area contributed by atoms with Crippen LogP contribution >= 0.6 is 0 Å². The predicted molar refractivity (Wildman–Crippen MR) is 116 cm³/mol. The van der Waals surface area contributed by atoms with Crippen molar-refractivity contribution in [2.75, 3.05) is 18.0 Å². The van der Waals surface area contributed by atoms with Crippen molar-refractivity contribution < 1.29 is 9.53 Å². The highest BCUT2D eigenvalue weighted by molar-refractivity contribution is 5.69. The molecule has 1 aromatic heterocycles. The van der Waals surface area contributed by atoms with Gasteiger partial charge < -0.3 is 9.64 Å². The van der Waals surface area contributed by atoms with Crippen molar-refractivity contribution in [1.29, 1.82) is 0 Å². The minimum absolute atomic E-state index is 0.173. The van der Waals surface area contributed by atoms with E-state index < -0.39 is 5.97 Å². The number of hydrogen-bond donors (Lipinski definition) is 0. The van der Waals surface area contributed by atoms with Crippen LogP contribution in [0.1, 0.15) is 24.8 Å². The molecule has 0 bridgehead atoms. The number of esters is 1. The molecule has 0 N–H and O–H groups in total. The van der Waals surface area contributed by atoms with Crippen molar-refractivity contribution >= 4 is 11.7 Å². The van der Waals surface area contributed by atoms with Crippen LogP contribution < -0.4 is 10.5 Å². The summed E-state index contributed by atoms with van der Waals surface area (Å²) in [6.45, 7) is 2.14. The summed E-state index contributed by atoms with van der Waals surface area (Å²) >= 11 is 0. The average molecular weight is 403 g/mol. The van der Waals surface area contributed by atoms with Crippen molar-refractivity contribution in [1.82, 2.24) is 9.78 Å². The lowest BCUT2D eigenvalue weighted by Gasteiger charge is -2.28. The van der Waals surface area contributed by atoms with Gasteiger partial charge in [-0.1, -0.05) is 42.5 Å². The van der Waals surface area contributed by atoms with Crippen LogP contribution in [-0.4, -0.2) is 28.8 Å². The molecule has 0 radical (unpaired) electrons. The van der Waals surface area contributed by atoms with Crippen LogP contribution in [-0.2, 0) is 22.7 Å². The van der Waals surface area contributed by atoms with E-state index in [0.717, 1.165) is 28.9 Å². The Hall–Kier alpha value is -3.41. The molecule has 0 aliphatic carbocycles. The zero-order valence-electron chi connectivity index (χ0n) is 16.9. The van der Waals surface area contributed by atoms with Crippen LogP contribution in [0.3, 0.4) is 0 Å². The number of carbonyl (C=O) groups excluding carboxylic acids is 1. The fourth-order valence-electron chi connectivity index (χ4n) is 3.62. The summed E-state index contributed by atoms with van der Waals surface area (Å²) < 4.78 is 6.43. The molecule has 4 rings (SSSR count). The molecular formula is C24H25N3O3. The van der Waals surface area contributed by atoms with Crippen LogP contribution in [0.4, 0.5) is 5.69 Å². The molecule has 0 atom stereocenters. The van der Waals surface area contributed by atoms with E-state index in [1.807, 2.05) is 42.5 Å². The van der Waals surface area contributed by atoms with Crippen LogP contribution in [0, 0.1) is 0 Å². The lowest BCUT2D eigenvalue weighted by molar-refractivity contribution is -0.146. The summed E-state index contributed by atoms with van der Waals surface area (Å²) in [7, 11) is 0. The highest BCUT2D eigenvalue weighted by Crippen LogP contribution is 2.23. The van der Waals surface area contributed by atoms with Gasteiger partial charge in [0.15, 0.2) is 0 Å². The minimum Gasteiger partial charge on any atom is -0.459 e. The van der Waals surface area contributed by atoms with Gasteiger partial charge >= 0.3 is 5.97 Å². The molecule has 0 unspecified atom stereocenters. The number of anilines is 1. The average Bonchev–Trinajstić information content (AvgIpc) is 2.80. The minimum atomic E-state index is -0.494. The summed E-state index contributed by atoms with van der Waals surface area (Å²) in [6, 6.07) is 20.7. The molecule has 154 valence electrons. The zero-order valence-corrected chi connectivity index (χ0v) is 16.9. The van der Waals surface area contributed by atoms with Gasteiger partial charge in [-0.2, -0.15) is 5.10 Å². The zero-order chi connectivity index (χ0) is 20.8. The number of rotatable bonds is 6. The molecule has 1 fully saturated rings. The number of benzene rings is 2. The fourth-order valence-corrected chi connectivity index (χ4v) is 3.62. The van der Waals surface area contributed by atoms with Gasteiger partial charge in [0.25, 0.3) is 5.56 Å². The molecule has 0 amide bonds. The molecule has 30 heavy (non-hydrogen) atoms. The smallest absolute Gasteiger partial charge is 0.328 e. The standard InChI is InChI=1S/C24H25N3O3/c28-23-14-13-22(20-9-11-21(12-10-20)26-15-5-2-6-16-26)25-27(23)17-24(29)30-18-19-7-3-1-4-8-19/h1,3-4,7-14H,2,5-6,15-18H2. The van der Waals surface area contributed by atoms with Gasteiger partial charge in [0.1, 0.15) is 13.2 Å². The Labute approximate surface area is 175 Å². The Morgan fingerprint density at radius 1 is 0.900 bits per heavy atom. The Bertz CT molecular complexity index is 1040. The second-order valence-electron chi connectivity index (χ2n) is 7.46. The molecule has 6 heteroatoms. The second kappa shape index (κ2) is 9.39. The summed E-state index contributed by atoms with van der Waals surface area (Å²) in [5.41, 5.74) is 3.32. The van der Waals surface area contributed by atoms with Crippen LogP contribution in [0.5, 0.6) is 0 Å². The Morgan fingerprint density at radius 3 is 2.37 bits per heavy atom. The summed E-state index contributed by atoms with van der Waals surface area (Å²) in [5, 5.41) is 4.37. The van der Waals surface area contributed by atoms with Crippen LogP contribution in [0.25, 0.3) is 11.3 Å². The van der Waals surface area contributed by atoms with Gasteiger partial charge in [0.05, 0.1) is 5.69 Å². The van der Waals surface area contributed by atoms with Crippen molar-refractivity contribution in [2.24, 2.45) is 0 Å². The second-order valence-corrected chi connectivity index (χ2v) is 7.46. The Balaban J connectivity index is 1.43. The molecule has 1 aliphatic heterocycles. The maximum Gasteiger partial charge on any atom is 0.328 e. The molecule has 3 aromatic rings. The molecular weight excluding hydrogens is 378 g/mol. The van der Waals surface area contributed by atoms with Gasteiger partial charge in [0.2, 0.25) is 0 Å². The van der Waals surface area contributed by atoms with Crippen molar-refractivity contribution in [2.45, 2.75) is 32.4 Å². The maximum absolute atomic E-state index is 12.2. The quantitative estimate of drug-likeness (QED) is 0.588. The van der Waals surface area contributed by atoms with Gasteiger partial charge in [-0.25, -0.2) is 4.68 Å². The van der Waals surface area contributed by atoms with Crippen molar-refractivity contribution in [3.8, 4) is 11.3 Å². The summed E-state index contributed by atoms with van der Waals surface area (Å²) in [6.07, 6.45) is 3.76. The molecule has 0 spiro atoms. The molecule has 2 aromatic carbocycles. The number of nitrogens with zero attached hydrogens (tertiary/aromatic N) is 3. The lowest BCUT2D eigenvalue weighted by atomic mass is 10.1. The number of piperidine rings is 1. The molecule has 0 saturated carbocycles. The molecule has 6 nitrogen and oxygen atoms in total. The van der Waals surface area contributed by atoms with Crippen LogP contribution in [0.15, 0.2) is 71.5 Å². The lowest BCUT2D eigenvalue weighted by Crippen LogP contribution is -2.29. The normalized spacial score (nSPS) is 13.8. The first kappa shape index (κ1) is 19.9. The Morgan fingerprint density at radius 2 is 1.63 bits per heavy atom. The molecule has 1 aliphatic rings. The van der Waals surface area contributed by atoms with Crippen molar-refractivity contribution in [3.63, 3.8) is 0 Å². The highest BCUT2D eigenvalue weighted by Gasteiger charge is 2.12. The van der Waals surface area contributed by atoms with Gasteiger partial charge in [-0.05, 0) is 43.0 Å². The first-order valence-electron chi connectivity index (χ1n) is 10.3. The summed E-state index contributed by atoms with van der Waals surface area (Å²) in [4.78, 5) is 26.7. The van der Waals surface area contributed by atoms with E-state index in [1.54, 1.807) is 6.07 Å². The van der Waals surface area contributed by atoms with E-state index >= 15 is 0 Å². The molecule has 1 saturated heterocycles. The van der Waals surface area contributed by atoms with E-state index in [4.69, 9.17) is 4.74 Å². The third kappa shape index (κ3) is 4.95. The first-order chi connectivity index (χ1) is 14.7. The number of ether oxygens (including phenoxy) is 1. The predicted octanol–water partition coefficient (Wildman–Crippen LogP) is 3.64. The van der Waals surface area contributed by atoms with Gasteiger partial charge in [-0.15, -0.1) is 0 Å². The van der Waals surface area contributed by atoms with E-state index in [-0.39, 0.29) is 18.7 Å².